The Morgan fingerprint density at radius 1 is 0.711 bits per heavy atom. The number of aryl methyl sites for hydroxylation is 3. The maximum absolute atomic E-state index is 10.7. The van der Waals surface area contributed by atoms with Crippen LogP contribution in [0.1, 0.15) is 93.7 Å². The first-order chi connectivity index (χ1) is 18.2. The third kappa shape index (κ3) is 6.98. The molecule has 0 bridgehead atoms. The van der Waals surface area contributed by atoms with Crippen molar-refractivity contribution in [1.82, 2.24) is 0 Å². The van der Waals surface area contributed by atoms with Crippen molar-refractivity contribution in [1.29, 1.82) is 0 Å². The van der Waals surface area contributed by atoms with Crippen LogP contribution in [0.3, 0.4) is 0 Å². The number of aliphatic hydroxyl groups is 1. The summed E-state index contributed by atoms with van der Waals surface area (Å²) in [5.74, 6) is 0. The monoisotopic (exact) mass is 512 g/mol. The summed E-state index contributed by atoms with van der Waals surface area (Å²) in [5.41, 5.74) is 9.80. The lowest BCUT2D eigenvalue weighted by Gasteiger charge is -2.34. The summed E-state index contributed by atoms with van der Waals surface area (Å²) in [7, 11) is 0. The Balaban J connectivity index is 0.00000161. The molecule has 0 atom stereocenters. The molecule has 0 aliphatic carbocycles. The first-order valence-electron chi connectivity index (χ1n) is 13.9. The van der Waals surface area contributed by atoms with Gasteiger partial charge in [-0.1, -0.05) is 107 Å². The van der Waals surface area contributed by atoms with Crippen LogP contribution in [0.15, 0.2) is 66.7 Å². The van der Waals surface area contributed by atoms with E-state index in [4.69, 9.17) is 9.59 Å². The predicted octanol–water partition coefficient (Wildman–Crippen LogP) is 8.62. The predicted molar refractivity (Wildman–Crippen MR) is 158 cm³/mol. The lowest BCUT2D eigenvalue weighted by atomic mass is 9.70. The van der Waals surface area contributed by atoms with Crippen LogP contribution in [0.5, 0.6) is 0 Å². The highest BCUT2D eigenvalue weighted by Gasteiger charge is 2.31. The van der Waals surface area contributed by atoms with Gasteiger partial charge in [0.15, 0.2) is 0 Å². The fourth-order valence-electron chi connectivity index (χ4n) is 5.34. The molecular formula is C35H44O3. The smallest absolute Gasteiger partial charge is 0.373 e. The molecule has 38 heavy (non-hydrogen) atoms. The van der Waals surface area contributed by atoms with E-state index in [9.17, 15) is 5.11 Å². The molecule has 0 heterocycles. The number of hydrogen-bond donors (Lipinski definition) is 1. The second-order valence-corrected chi connectivity index (χ2v) is 10.2. The van der Waals surface area contributed by atoms with Crippen molar-refractivity contribution in [3.05, 3.63) is 100 Å². The standard InChI is InChI=1S/C34H44O.CO2/c1-8-27-24-30(14-13-25(27)6)29-16-18-31(19-17-29)34(11-4,12-5)32-20-15-28(26(7)23-32)21-22-33(35,9-2)10-3;2-1-3/h13-24,35H,8-12H2,1-7H3;/b22-21+;. The highest BCUT2D eigenvalue weighted by Crippen LogP contribution is 2.40. The Bertz CT molecular complexity index is 1240. The summed E-state index contributed by atoms with van der Waals surface area (Å²) in [6.07, 6.45) is 8.92. The van der Waals surface area contributed by atoms with Crippen LogP contribution in [0.4, 0.5) is 0 Å². The van der Waals surface area contributed by atoms with E-state index in [0.717, 1.165) is 32.1 Å². The molecule has 0 aromatic heterocycles. The molecule has 3 aromatic carbocycles. The normalized spacial score (nSPS) is 11.7. The summed E-state index contributed by atoms with van der Waals surface area (Å²) in [6.45, 7) is 15.3. The van der Waals surface area contributed by atoms with Gasteiger partial charge in [0.05, 0.1) is 5.60 Å². The van der Waals surface area contributed by atoms with Gasteiger partial charge >= 0.3 is 6.15 Å². The number of rotatable bonds is 10. The molecule has 0 saturated heterocycles. The van der Waals surface area contributed by atoms with Crippen LogP contribution < -0.4 is 0 Å². The van der Waals surface area contributed by atoms with Crippen molar-refractivity contribution < 1.29 is 14.7 Å². The van der Waals surface area contributed by atoms with E-state index < -0.39 is 5.60 Å². The van der Waals surface area contributed by atoms with Crippen LogP contribution in [0.2, 0.25) is 0 Å². The highest BCUT2D eigenvalue weighted by molar-refractivity contribution is 5.66. The van der Waals surface area contributed by atoms with Gasteiger partial charge in [0.1, 0.15) is 0 Å². The minimum atomic E-state index is -0.723. The number of benzene rings is 3. The zero-order chi connectivity index (χ0) is 28.3. The zero-order valence-electron chi connectivity index (χ0n) is 24.2. The van der Waals surface area contributed by atoms with Gasteiger partial charge in [-0.2, -0.15) is 9.59 Å². The molecule has 0 amide bonds. The molecular weight excluding hydrogens is 468 g/mol. The third-order valence-electron chi connectivity index (χ3n) is 8.33. The van der Waals surface area contributed by atoms with E-state index in [1.54, 1.807) is 0 Å². The third-order valence-corrected chi connectivity index (χ3v) is 8.33. The number of hydrogen-bond acceptors (Lipinski definition) is 3. The number of carbonyl (C=O) groups excluding carboxylic acids is 2. The van der Waals surface area contributed by atoms with E-state index in [2.05, 4.69) is 101 Å². The molecule has 0 radical (unpaired) electrons. The first-order valence-corrected chi connectivity index (χ1v) is 13.9. The van der Waals surface area contributed by atoms with E-state index in [1.165, 1.54) is 44.5 Å². The van der Waals surface area contributed by atoms with Gasteiger partial charge in [0, 0.05) is 5.41 Å². The minimum absolute atomic E-state index is 0.0129. The van der Waals surface area contributed by atoms with Crippen LogP contribution in [-0.2, 0) is 21.4 Å². The molecule has 0 saturated carbocycles. The SMILES string of the molecule is CCc1cc(-c2ccc(C(CC)(CC)c3ccc(/C=C/C(O)(CC)CC)c(C)c3)cc2)ccc1C.O=C=O. The molecule has 0 spiro atoms. The van der Waals surface area contributed by atoms with Crippen molar-refractivity contribution in [3.8, 4) is 11.1 Å². The average molecular weight is 513 g/mol. The van der Waals surface area contributed by atoms with Gasteiger partial charge in [-0.05, 0) is 90.5 Å². The lowest BCUT2D eigenvalue weighted by molar-refractivity contribution is -0.191. The molecule has 3 rings (SSSR count). The van der Waals surface area contributed by atoms with E-state index >= 15 is 0 Å². The van der Waals surface area contributed by atoms with Gasteiger partial charge in [-0.25, -0.2) is 0 Å². The van der Waals surface area contributed by atoms with Crippen LogP contribution in [0.25, 0.3) is 17.2 Å². The second-order valence-electron chi connectivity index (χ2n) is 10.2. The summed E-state index contributed by atoms with van der Waals surface area (Å²) in [6, 6.07) is 22.9. The minimum Gasteiger partial charge on any atom is -0.386 e. The first kappa shape index (κ1) is 31.0. The highest BCUT2D eigenvalue weighted by atomic mass is 16.3. The molecule has 3 heteroatoms. The fraction of sp³-hybridized carbons (Fsp3) is 0.400. The topological polar surface area (TPSA) is 54.4 Å². The van der Waals surface area contributed by atoms with Gasteiger partial charge in [0.25, 0.3) is 0 Å². The summed E-state index contributed by atoms with van der Waals surface area (Å²) in [4.78, 5) is 16.2. The maximum atomic E-state index is 10.7. The van der Waals surface area contributed by atoms with Crippen molar-refractivity contribution in [3.63, 3.8) is 0 Å². The Labute approximate surface area is 229 Å². The molecule has 0 unspecified atom stereocenters. The lowest BCUT2D eigenvalue weighted by Crippen LogP contribution is -2.26. The van der Waals surface area contributed by atoms with E-state index in [0.29, 0.717) is 0 Å². The maximum Gasteiger partial charge on any atom is 0.373 e. The molecule has 3 aromatic rings. The Morgan fingerprint density at radius 3 is 1.76 bits per heavy atom. The molecule has 0 aliphatic heterocycles. The summed E-state index contributed by atoms with van der Waals surface area (Å²) >= 11 is 0. The quantitative estimate of drug-likeness (QED) is 0.296. The van der Waals surface area contributed by atoms with Gasteiger partial charge in [-0.15, -0.1) is 0 Å². The molecule has 0 fully saturated rings. The second kappa shape index (κ2) is 14.0. The Kier molecular flexibility index (Phi) is 11.4. The van der Waals surface area contributed by atoms with E-state index in [-0.39, 0.29) is 11.6 Å². The molecule has 3 nitrogen and oxygen atoms in total. The van der Waals surface area contributed by atoms with Gasteiger partial charge < -0.3 is 5.11 Å². The van der Waals surface area contributed by atoms with Crippen molar-refractivity contribution in [2.75, 3.05) is 0 Å². The van der Waals surface area contributed by atoms with Crippen LogP contribution in [0, 0.1) is 13.8 Å². The van der Waals surface area contributed by atoms with Crippen molar-refractivity contribution in [2.24, 2.45) is 0 Å². The zero-order valence-corrected chi connectivity index (χ0v) is 24.2. The van der Waals surface area contributed by atoms with Crippen molar-refractivity contribution >= 4 is 12.2 Å². The van der Waals surface area contributed by atoms with Gasteiger partial charge in [0.2, 0.25) is 0 Å². The van der Waals surface area contributed by atoms with Crippen LogP contribution in [-0.4, -0.2) is 16.9 Å². The largest absolute Gasteiger partial charge is 0.386 e. The fourth-order valence-corrected chi connectivity index (χ4v) is 5.34. The molecule has 0 aliphatic rings. The molecule has 202 valence electrons. The van der Waals surface area contributed by atoms with Gasteiger partial charge in [-0.3, -0.25) is 0 Å². The van der Waals surface area contributed by atoms with Crippen molar-refractivity contribution in [2.45, 2.75) is 91.6 Å². The van der Waals surface area contributed by atoms with E-state index in [1.807, 2.05) is 19.9 Å². The van der Waals surface area contributed by atoms with Crippen LogP contribution >= 0.6 is 0 Å². The molecule has 1 N–H and O–H groups in total. The Hall–Kier alpha value is -3.26. The Morgan fingerprint density at radius 2 is 1.26 bits per heavy atom. The summed E-state index contributed by atoms with van der Waals surface area (Å²) in [5, 5.41) is 10.7. The average Bonchev–Trinajstić information content (AvgIpc) is 2.94. The summed E-state index contributed by atoms with van der Waals surface area (Å²) < 4.78 is 0.